The number of hydrogen-bond acceptors (Lipinski definition) is 20. The third-order valence-corrected chi connectivity index (χ3v) is 8.31. The molecule has 2 atom stereocenters. The van der Waals surface area contributed by atoms with Crippen molar-refractivity contribution in [3.05, 3.63) is 11.6 Å². The Morgan fingerprint density at radius 1 is 0.644 bits per heavy atom. The highest BCUT2D eigenvalue weighted by Crippen LogP contribution is 2.30. The first kappa shape index (κ1) is 55.9. The molecule has 0 aromatic heterocycles. The molecule has 19 nitrogen and oxygen atoms in total. The third kappa shape index (κ3) is 31.5. The Kier molecular flexibility index (Phi) is 37.1. The summed E-state index contributed by atoms with van der Waals surface area (Å²) in [5.74, 6) is -4.76. The molecule has 0 bridgehead atoms. The second-order valence-corrected chi connectivity index (χ2v) is 13.3. The van der Waals surface area contributed by atoms with Gasteiger partial charge in [-0.1, -0.05) is 19.4 Å². The van der Waals surface area contributed by atoms with Crippen LogP contribution >= 0.6 is 11.8 Å². The van der Waals surface area contributed by atoms with Gasteiger partial charge in [-0.25, -0.2) is 14.4 Å². The summed E-state index contributed by atoms with van der Waals surface area (Å²) in [6, 6.07) is 0. The van der Waals surface area contributed by atoms with Crippen molar-refractivity contribution in [2.45, 2.75) is 51.6 Å². The SMILES string of the molecule is C/C=C(\CCOCCOCCOCCOCCOCCOCCOCCOC)C(=O)OC(C=O)(CC(=O)CSC)CC(CCC)C(=O)OCOC(=O)COC(=O)COC. The molecule has 0 N–H and O–H groups in total. The van der Waals surface area contributed by atoms with E-state index in [9.17, 15) is 28.8 Å². The van der Waals surface area contributed by atoms with Crippen molar-refractivity contribution in [2.24, 2.45) is 5.92 Å². The van der Waals surface area contributed by atoms with E-state index in [4.69, 9.17) is 52.1 Å². The van der Waals surface area contributed by atoms with Crippen LogP contribution in [0.5, 0.6) is 0 Å². The number of esters is 4. The number of thioether (sulfide) groups is 1. The molecule has 0 aliphatic carbocycles. The number of hydrogen-bond donors (Lipinski definition) is 0. The summed E-state index contributed by atoms with van der Waals surface area (Å²) in [7, 11) is 2.90. The van der Waals surface area contributed by atoms with Gasteiger partial charge in [0, 0.05) is 32.6 Å². The number of carbonyl (C=O) groups is 6. The first-order chi connectivity index (χ1) is 28.6. The van der Waals surface area contributed by atoms with Crippen LogP contribution in [-0.4, -0.2) is 187 Å². The molecule has 59 heavy (non-hydrogen) atoms. The van der Waals surface area contributed by atoms with Crippen molar-refractivity contribution in [3.63, 3.8) is 0 Å². The van der Waals surface area contributed by atoms with E-state index in [1.54, 1.807) is 27.2 Å². The lowest BCUT2D eigenvalue weighted by Gasteiger charge is -2.31. The van der Waals surface area contributed by atoms with Gasteiger partial charge in [-0.3, -0.25) is 14.4 Å². The lowest BCUT2D eigenvalue weighted by molar-refractivity contribution is -0.179. The molecule has 0 aromatic carbocycles. The smallest absolute Gasteiger partial charge is 0.347 e. The first-order valence-electron chi connectivity index (χ1n) is 19.5. The largest absolute Gasteiger partial charge is 0.452 e. The van der Waals surface area contributed by atoms with Crippen molar-refractivity contribution >= 4 is 47.7 Å². The van der Waals surface area contributed by atoms with Crippen LogP contribution in [0.15, 0.2) is 11.6 Å². The maximum atomic E-state index is 13.3. The molecule has 0 amide bonds. The summed E-state index contributed by atoms with van der Waals surface area (Å²) in [6.07, 6.45) is 3.61. The van der Waals surface area contributed by atoms with Crippen LogP contribution in [0.2, 0.25) is 0 Å². The minimum atomic E-state index is -1.98. The Morgan fingerprint density at radius 2 is 1.14 bits per heavy atom. The molecule has 2 unspecified atom stereocenters. The highest BCUT2D eigenvalue weighted by atomic mass is 32.2. The molecule has 20 heteroatoms. The maximum absolute atomic E-state index is 13.3. The minimum absolute atomic E-state index is 0.0509. The van der Waals surface area contributed by atoms with Crippen LogP contribution in [0.3, 0.4) is 0 Å². The van der Waals surface area contributed by atoms with Crippen LogP contribution in [0.1, 0.15) is 46.0 Å². The number of Topliss-reactive ketones (excluding diaryl/α,β-unsaturated/α-hetero) is 1. The summed E-state index contributed by atoms with van der Waals surface area (Å²) >= 11 is 1.23. The fourth-order valence-electron chi connectivity index (χ4n) is 4.85. The monoisotopic (exact) mass is 870 g/mol. The summed E-state index contributed by atoms with van der Waals surface area (Å²) in [5.41, 5.74) is -1.77. The molecule has 0 fully saturated rings. The van der Waals surface area contributed by atoms with E-state index >= 15 is 0 Å². The molecular formula is C39H66O19S. The highest BCUT2D eigenvalue weighted by Gasteiger charge is 2.41. The van der Waals surface area contributed by atoms with Gasteiger partial charge in [-0.05, 0) is 19.6 Å². The molecule has 0 saturated carbocycles. The molecule has 0 saturated heterocycles. The van der Waals surface area contributed by atoms with E-state index in [0.717, 1.165) is 0 Å². The topological polar surface area (TPSA) is 222 Å². The first-order valence-corrected chi connectivity index (χ1v) is 20.9. The summed E-state index contributed by atoms with van der Waals surface area (Å²) in [4.78, 5) is 75.0. The lowest BCUT2D eigenvalue weighted by Crippen LogP contribution is -2.43. The van der Waals surface area contributed by atoms with Gasteiger partial charge in [0.15, 0.2) is 18.5 Å². The van der Waals surface area contributed by atoms with Crippen LogP contribution in [0.25, 0.3) is 0 Å². The van der Waals surface area contributed by atoms with Crippen molar-refractivity contribution in [1.29, 1.82) is 0 Å². The van der Waals surface area contributed by atoms with Gasteiger partial charge in [-0.15, -0.1) is 0 Å². The lowest BCUT2D eigenvalue weighted by atomic mass is 9.85. The van der Waals surface area contributed by atoms with Gasteiger partial charge in [-0.2, -0.15) is 11.8 Å². The van der Waals surface area contributed by atoms with Crippen LogP contribution in [-0.2, 0) is 90.3 Å². The predicted molar refractivity (Wildman–Crippen MR) is 212 cm³/mol. The number of aldehydes is 1. The van der Waals surface area contributed by atoms with E-state index in [0.29, 0.717) is 98.6 Å². The van der Waals surface area contributed by atoms with Crippen molar-refractivity contribution in [1.82, 2.24) is 0 Å². The molecular weight excluding hydrogens is 804 g/mol. The molecule has 0 radical (unpaired) electrons. The Labute approximate surface area is 351 Å². The van der Waals surface area contributed by atoms with Gasteiger partial charge in [0.1, 0.15) is 12.4 Å². The minimum Gasteiger partial charge on any atom is -0.452 e. The molecule has 0 spiro atoms. The highest BCUT2D eigenvalue weighted by molar-refractivity contribution is 7.99. The number of rotatable bonds is 42. The maximum Gasteiger partial charge on any atom is 0.347 e. The quantitative estimate of drug-likeness (QED) is 0.0213. The fourth-order valence-corrected chi connectivity index (χ4v) is 5.27. The van der Waals surface area contributed by atoms with Crippen LogP contribution < -0.4 is 0 Å². The van der Waals surface area contributed by atoms with Gasteiger partial charge < -0.3 is 61.6 Å². The average molecular weight is 871 g/mol. The van der Waals surface area contributed by atoms with Crippen molar-refractivity contribution in [2.75, 3.05) is 145 Å². The van der Waals surface area contributed by atoms with Crippen LogP contribution in [0, 0.1) is 5.92 Å². The van der Waals surface area contributed by atoms with Crippen molar-refractivity contribution < 1.29 is 90.3 Å². The zero-order valence-corrected chi connectivity index (χ0v) is 36.2. The number of ether oxygens (including phenoxy) is 13. The third-order valence-electron chi connectivity index (χ3n) is 7.70. The number of ketones is 1. The van der Waals surface area contributed by atoms with E-state index in [2.05, 4.69) is 9.47 Å². The zero-order valence-electron chi connectivity index (χ0n) is 35.4. The van der Waals surface area contributed by atoms with Gasteiger partial charge in [0.2, 0.25) is 6.79 Å². The number of carbonyl (C=O) groups excluding carboxylic acids is 6. The normalized spacial score (nSPS) is 13.0. The Morgan fingerprint density at radius 3 is 1.58 bits per heavy atom. The van der Waals surface area contributed by atoms with E-state index in [1.807, 2.05) is 0 Å². The fraction of sp³-hybridized carbons (Fsp3) is 0.795. The molecule has 0 rings (SSSR count). The zero-order chi connectivity index (χ0) is 43.8. The second-order valence-electron chi connectivity index (χ2n) is 12.4. The summed E-state index contributed by atoms with van der Waals surface area (Å²) in [6.45, 7) is 7.74. The molecule has 0 aromatic rings. The number of methoxy groups -OCH3 is 2. The Balaban J connectivity index is 4.59. The molecule has 0 aliphatic heterocycles. The van der Waals surface area contributed by atoms with Crippen LogP contribution in [0.4, 0.5) is 0 Å². The van der Waals surface area contributed by atoms with E-state index in [1.165, 1.54) is 24.9 Å². The van der Waals surface area contributed by atoms with E-state index < -0.39 is 55.2 Å². The Bertz CT molecular complexity index is 1170. The van der Waals surface area contributed by atoms with Gasteiger partial charge in [0.25, 0.3) is 0 Å². The number of allylic oxidation sites excluding steroid dienone is 1. The van der Waals surface area contributed by atoms with E-state index in [-0.39, 0.29) is 56.2 Å². The summed E-state index contributed by atoms with van der Waals surface area (Å²) < 4.78 is 68.0. The van der Waals surface area contributed by atoms with Crippen molar-refractivity contribution in [3.8, 4) is 0 Å². The summed E-state index contributed by atoms with van der Waals surface area (Å²) in [5, 5.41) is 0. The molecule has 342 valence electrons. The average Bonchev–Trinajstić information content (AvgIpc) is 3.21. The van der Waals surface area contributed by atoms with Gasteiger partial charge >= 0.3 is 23.9 Å². The predicted octanol–water partition coefficient (Wildman–Crippen LogP) is 1.93. The molecule has 0 heterocycles. The standard InChI is InChI=1S/C39H66O19S/c1-6-8-33(37(44)57-31-56-36(43)28-55-35(42)27-47-4)25-39(30-40,26-34(41)29-59-5)58-38(45)32(7-2)9-10-48-13-14-50-17-18-52-21-22-54-24-23-53-20-19-51-16-15-49-12-11-46-3/h7,30,33H,6,8-29,31H2,1-5H3/b32-7+. The van der Waals surface area contributed by atoms with Gasteiger partial charge in [0.05, 0.1) is 117 Å². The molecule has 0 aliphatic rings. The second kappa shape index (κ2) is 39.1. The Hall–Kier alpha value is -3.05.